The molecule has 2 aromatic rings. The lowest BCUT2D eigenvalue weighted by Gasteiger charge is -2.13. The fourth-order valence-electron chi connectivity index (χ4n) is 1.88. The van der Waals surface area contributed by atoms with Crippen molar-refractivity contribution >= 4 is 17.0 Å². The van der Waals surface area contributed by atoms with E-state index in [2.05, 4.69) is 15.0 Å². The highest BCUT2D eigenvalue weighted by molar-refractivity contribution is 5.82. The van der Waals surface area contributed by atoms with Crippen LogP contribution in [-0.4, -0.2) is 34.8 Å². The maximum atomic E-state index is 9.81. The summed E-state index contributed by atoms with van der Waals surface area (Å²) in [7, 11) is 0. The highest BCUT2D eigenvalue weighted by atomic mass is 16.3. The van der Waals surface area contributed by atoms with Crippen LogP contribution in [0.1, 0.15) is 50.9 Å². The minimum Gasteiger partial charge on any atom is -0.385 e. The fraction of sp³-hybridized carbons (Fsp3) is 0.545. The third-order valence-corrected chi connectivity index (χ3v) is 2.73. The summed E-state index contributed by atoms with van der Waals surface area (Å²) < 4.78 is 1.36. The SMILES string of the molecule is CC(O)c1nc(N)c2nc(C(C)O)n(C(C)O)c2n1. The Morgan fingerprint density at radius 3 is 2.11 bits per heavy atom. The molecule has 0 bridgehead atoms. The van der Waals surface area contributed by atoms with Crippen LogP contribution >= 0.6 is 0 Å². The Morgan fingerprint density at radius 1 is 1.00 bits per heavy atom. The van der Waals surface area contributed by atoms with E-state index in [0.29, 0.717) is 5.52 Å². The van der Waals surface area contributed by atoms with E-state index < -0.39 is 18.4 Å². The summed E-state index contributed by atoms with van der Waals surface area (Å²) in [6.45, 7) is 4.56. The molecule has 2 rings (SSSR count). The van der Waals surface area contributed by atoms with Crippen molar-refractivity contribution in [2.24, 2.45) is 0 Å². The van der Waals surface area contributed by atoms with Crippen molar-refractivity contribution in [1.29, 1.82) is 0 Å². The number of hydrogen-bond acceptors (Lipinski definition) is 7. The van der Waals surface area contributed by atoms with E-state index in [-0.39, 0.29) is 23.1 Å². The maximum absolute atomic E-state index is 9.81. The summed E-state index contributed by atoms with van der Waals surface area (Å²) in [5, 5.41) is 29.0. The van der Waals surface area contributed by atoms with E-state index in [1.54, 1.807) is 0 Å². The van der Waals surface area contributed by atoms with Crippen LogP contribution in [0.15, 0.2) is 0 Å². The average Bonchev–Trinajstić information content (AvgIpc) is 2.68. The molecule has 0 amide bonds. The predicted molar refractivity (Wildman–Crippen MR) is 67.9 cm³/mol. The molecule has 3 atom stereocenters. The molecule has 8 heteroatoms. The third-order valence-electron chi connectivity index (χ3n) is 2.73. The summed E-state index contributed by atoms with van der Waals surface area (Å²) in [5.41, 5.74) is 6.36. The minimum atomic E-state index is -0.939. The van der Waals surface area contributed by atoms with Crippen molar-refractivity contribution in [3.8, 4) is 0 Å². The van der Waals surface area contributed by atoms with Gasteiger partial charge in [-0.1, -0.05) is 0 Å². The van der Waals surface area contributed by atoms with Crippen LogP contribution in [0.2, 0.25) is 0 Å². The monoisotopic (exact) mass is 267 g/mol. The molecule has 0 aromatic carbocycles. The number of nitrogens with zero attached hydrogens (tertiary/aromatic N) is 4. The topological polar surface area (TPSA) is 130 Å². The van der Waals surface area contributed by atoms with Gasteiger partial charge in [0.1, 0.15) is 24.3 Å². The van der Waals surface area contributed by atoms with Crippen LogP contribution in [-0.2, 0) is 0 Å². The average molecular weight is 267 g/mol. The molecule has 0 aliphatic rings. The number of nitrogens with two attached hydrogens (primary N) is 1. The minimum absolute atomic E-state index is 0.0993. The molecular weight excluding hydrogens is 250 g/mol. The lowest BCUT2D eigenvalue weighted by atomic mass is 10.3. The van der Waals surface area contributed by atoms with Crippen molar-refractivity contribution in [3.63, 3.8) is 0 Å². The molecular formula is C11H17N5O3. The van der Waals surface area contributed by atoms with Gasteiger partial charge in [-0.05, 0) is 20.8 Å². The lowest BCUT2D eigenvalue weighted by molar-refractivity contribution is 0.107. The Balaban J connectivity index is 2.81. The van der Waals surface area contributed by atoms with E-state index >= 15 is 0 Å². The molecule has 0 aliphatic carbocycles. The summed E-state index contributed by atoms with van der Waals surface area (Å²) in [4.78, 5) is 12.3. The summed E-state index contributed by atoms with van der Waals surface area (Å²) in [5.74, 6) is 0.486. The van der Waals surface area contributed by atoms with Gasteiger partial charge in [-0.2, -0.15) is 0 Å². The molecule has 0 fully saturated rings. The van der Waals surface area contributed by atoms with E-state index in [9.17, 15) is 15.3 Å². The first-order valence-corrected chi connectivity index (χ1v) is 5.92. The lowest BCUT2D eigenvalue weighted by Crippen LogP contribution is -2.12. The number of aliphatic hydroxyl groups is 3. The zero-order valence-corrected chi connectivity index (χ0v) is 10.9. The van der Waals surface area contributed by atoms with Crippen molar-refractivity contribution in [1.82, 2.24) is 19.5 Å². The van der Waals surface area contributed by atoms with Gasteiger partial charge in [0.25, 0.3) is 0 Å². The largest absolute Gasteiger partial charge is 0.385 e. The Labute approximate surface area is 109 Å². The van der Waals surface area contributed by atoms with Gasteiger partial charge in [-0.3, -0.25) is 4.57 Å². The van der Waals surface area contributed by atoms with Gasteiger partial charge in [-0.25, -0.2) is 15.0 Å². The van der Waals surface area contributed by atoms with E-state index in [1.165, 1.54) is 25.3 Å². The summed E-state index contributed by atoms with van der Waals surface area (Å²) >= 11 is 0. The van der Waals surface area contributed by atoms with Crippen LogP contribution < -0.4 is 5.73 Å². The van der Waals surface area contributed by atoms with Crippen molar-refractivity contribution in [3.05, 3.63) is 11.6 Å². The number of rotatable bonds is 3. The molecule has 0 radical (unpaired) electrons. The van der Waals surface area contributed by atoms with Gasteiger partial charge in [0.05, 0.1) is 0 Å². The standard InChI is InChI=1S/C11H17N5O3/c1-4(17)9-14-8(12)7-11(15-9)16(6(3)19)10(13-7)5(2)18/h4-6,17-19H,1-3H3,(H2,12,14,15). The highest BCUT2D eigenvalue weighted by Gasteiger charge is 2.22. The number of fused-ring (bicyclic) bond motifs is 1. The van der Waals surface area contributed by atoms with Crippen LogP contribution in [0, 0.1) is 0 Å². The molecule has 0 saturated heterocycles. The van der Waals surface area contributed by atoms with Crippen molar-refractivity contribution in [2.45, 2.75) is 39.2 Å². The number of anilines is 1. The van der Waals surface area contributed by atoms with Gasteiger partial charge < -0.3 is 21.1 Å². The van der Waals surface area contributed by atoms with Gasteiger partial charge in [-0.15, -0.1) is 0 Å². The molecule has 0 spiro atoms. The van der Waals surface area contributed by atoms with E-state index in [4.69, 9.17) is 5.73 Å². The number of hydrogen-bond donors (Lipinski definition) is 4. The molecule has 3 unspecified atom stereocenters. The second kappa shape index (κ2) is 4.72. The Morgan fingerprint density at radius 2 is 1.63 bits per heavy atom. The summed E-state index contributed by atoms with van der Waals surface area (Å²) in [6.07, 6.45) is -2.72. The van der Waals surface area contributed by atoms with Gasteiger partial charge in [0, 0.05) is 0 Å². The number of imidazole rings is 1. The molecule has 0 saturated carbocycles. The first-order chi connectivity index (χ1) is 8.82. The van der Waals surface area contributed by atoms with Crippen LogP contribution in [0.5, 0.6) is 0 Å². The van der Waals surface area contributed by atoms with Gasteiger partial charge in [0.15, 0.2) is 22.8 Å². The second-order valence-corrected chi connectivity index (χ2v) is 4.46. The third kappa shape index (κ3) is 2.25. The molecule has 0 aliphatic heterocycles. The number of aromatic nitrogens is 4. The summed E-state index contributed by atoms with van der Waals surface area (Å²) in [6, 6.07) is 0. The van der Waals surface area contributed by atoms with Crippen molar-refractivity contribution < 1.29 is 15.3 Å². The first-order valence-electron chi connectivity index (χ1n) is 5.92. The first kappa shape index (κ1) is 13.7. The van der Waals surface area contributed by atoms with Gasteiger partial charge in [0.2, 0.25) is 0 Å². The molecule has 5 N–H and O–H groups in total. The quantitative estimate of drug-likeness (QED) is 0.617. The molecule has 19 heavy (non-hydrogen) atoms. The molecule has 2 heterocycles. The Bertz CT molecular complexity index is 606. The zero-order chi connectivity index (χ0) is 14.3. The van der Waals surface area contributed by atoms with Gasteiger partial charge >= 0.3 is 0 Å². The molecule has 8 nitrogen and oxygen atoms in total. The molecule has 2 aromatic heterocycles. The fourth-order valence-corrected chi connectivity index (χ4v) is 1.88. The van der Waals surface area contributed by atoms with E-state index in [0.717, 1.165) is 0 Å². The smallest absolute Gasteiger partial charge is 0.168 e. The Hall–Kier alpha value is -1.77. The molecule has 104 valence electrons. The van der Waals surface area contributed by atoms with Crippen LogP contribution in [0.25, 0.3) is 11.2 Å². The predicted octanol–water partition coefficient (Wildman–Crippen LogP) is 0.0259. The van der Waals surface area contributed by atoms with E-state index in [1.807, 2.05) is 0 Å². The Kier molecular flexibility index (Phi) is 3.40. The zero-order valence-electron chi connectivity index (χ0n) is 10.9. The number of aliphatic hydroxyl groups excluding tert-OH is 3. The van der Waals surface area contributed by atoms with Crippen molar-refractivity contribution in [2.75, 3.05) is 5.73 Å². The normalized spacial score (nSPS) is 16.5. The number of nitrogen functional groups attached to an aromatic ring is 1. The highest BCUT2D eigenvalue weighted by Crippen LogP contribution is 2.26. The van der Waals surface area contributed by atoms with Crippen LogP contribution in [0.4, 0.5) is 5.82 Å². The van der Waals surface area contributed by atoms with Crippen LogP contribution in [0.3, 0.4) is 0 Å². The second-order valence-electron chi connectivity index (χ2n) is 4.46. The maximum Gasteiger partial charge on any atom is 0.168 e.